The highest BCUT2D eigenvalue weighted by Gasteiger charge is 2.29. The normalized spacial score (nSPS) is 19.5. The van der Waals surface area contributed by atoms with Crippen LogP contribution in [0.2, 0.25) is 5.02 Å². The average Bonchev–Trinajstić information content (AvgIpc) is 2.80. The number of fused-ring (bicyclic) bond motifs is 1. The lowest BCUT2D eigenvalue weighted by atomic mass is 9.81. The Labute approximate surface area is 188 Å². The fraction of sp³-hybridized carbons (Fsp3) is 0.360. The van der Waals surface area contributed by atoms with Gasteiger partial charge in [-0.05, 0) is 80.5 Å². The molecule has 1 fully saturated rings. The molecule has 0 bridgehead atoms. The van der Waals surface area contributed by atoms with Crippen molar-refractivity contribution < 1.29 is 9.53 Å². The molecule has 1 heterocycles. The number of halogens is 1. The van der Waals surface area contributed by atoms with Gasteiger partial charge in [0, 0.05) is 28.3 Å². The summed E-state index contributed by atoms with van der Waals surface area (Å²) in [6.45, 7) is 2.12. The molecule has 2 N–H and O–H groups in total. The number of urea groups is 1. The van der Waals surface area contributed by atoms with Crippen LogP contribution in [0.5, 0.6) is 5.75 Å². The molecule has 4 rings (SSSR count). The second-order valence-electron chi connectivity index (χ2n) is 8.10. The number of carbonyl (C=O) groups is 1. The number of benzene rings is 2. The van der Waals surface area contributed by atoms with E-state index in [9.17, 15) is 4.79 Å². The lowest BCUT2D eigenvalue weighted by Gasteiger charge is -2.34. The lowest BCUT2D eigenvalue weighted by Crippen LogP contribution is -2.44. The minimum Gasteiger partial charge on any atom is -0.490 e. The van der Waals surface area contributed by atoms with Crippen LogP contribution in [0, 0.1) is 5.92 Å². The highest BCUT2D eigenvalue weighted by Crippen LogP contribution is 2.32. The fourth-order valence-corrected chi connectivity index (χ4v) is 4.51. The van der Waals surface area contributed by atoms with Gasteiger partial charge in [0.2, 0.25) is 0 Å². The van der Waals surface area contributed by atoms with E-state index in [1.54, 1.807) is 30.5 Å². The molecule has 0 spiro atoms. The Bertz CT molecular complexity index is 1010. The maximum Gasteiger partial charge on any atom is 0.319 e. The molecular weight excluding hydrogens is 410 g/mol. The molecular formula is C25H28ClN3O2. The van der Waals surface area contributed by atoms with Gasteiger partial charge < -0.3 is 15.4 Å². The van der Waals surface area contributed by atoms with Crippen molar-refractivity contribution in [1.82, 2.24) is 10.3 Å². The number of ether oxygens (including phenoxy) is 1. The third-order valence-corrected chi connectivity index (χ3v) is 6.30. The maximum atomic E-state index is 12.5. The monoisotopic (exact) mass is 437 g/mol. The molecule has 3 aromatic rings. The van der Waals surface area contributed by atoms with Crippen molar-refractivity contribution in [3.8, 4) is 5.75 Å². The highest BCUT2D eigenvalue weighted by molar-refractivity contribution is 6.30. The molecule has 0 aliphatic heterocycles. The Hall–Kier alpha value is -2.79. The van der Waals surface area contributed by atoms with E-state index in [-0.39, 0.29) is 18.2 Å². The van der Waals surface area contributed by atoms with Crippen LogP contribution in [-0.4, -0.2) is 23.2 Å². The van der Waals surface area contributed by atoms with E-state index < -0.39 is 0 Å². The van der Waals surface area contributed by atoms with E-state index in [0.29, 0.717) is 10.9 Å². The summed E-state index contributed by atoms with van der Waals surface area (Å²) < 4.78 is 6.35. The first-order chi connectivity index (χ1) is 15.1. The van der Waals surface area contributed by atoms with Crippen molar-refractivity contribution in [3.05, 3.63) is 65.8 Å². The molecule has 1 aliphatic carbocycles. The number of hydrogen-bond donors (Lipinski definition) is 2. The second-order valence-corrected chi connectivity index (χ2v) is 8.54. The molecule has 31 heavy (non-hydrogen) atoms. The predicted octanol–water partition coefficient (Wildman–Crippen LogP) is 6.43. The average molecular weight is 438 g/mol. The molecule has 6 heteroatoms. The first kappa shape index (κ1) is 21.4. The molecule has 162 valence electrons. The topological polar surface area (TPSA) is 63.2 Å². The number of rotatable bonds is 6. The predicted molar refractivity (Wildman–Crippen MR) is 126 cm³/mol. The van der Waals surface area contributed by atoms with Crippen molar-refractivity contribution >= 4 is 34.2 Å². The van der Waals surface area contributed by atoms with Crippen molar-refractivity contribution in [2.24, 2.45) is 5.92 Å². The first-order valence-electron chi connectivity index (χ1n) is 11.0. The number of anilines is 1. The molecule has 0 radical (unpaired) electrons. The number of pyridine rings is 1. The van der Waals surface area contributed by atoms with Crippen LogP contribution in [0.4, 0.5) is 10.5 Å². The molecule has 5 nitrogen and oxygen atoms in total. The number of nitrogens with one attached hydrogen (secondary N) is 2. The van der Waals surface area contributed by atoms with Gasteiger partial charge in [0.05, 0.1) is 11.6 Å². The highest BCUT2D eigenvalue weighted by atomic mass is 35.5. The molecule has 0 unspecified atom stereocenters. The molecule has 1 aromatic heterocycles. The van der Waals surface area contributed by atoms with Crippen LogP contribution in [0.25, 0.3) is 10.9 Å². The molecule has 1 atom stereocenters. The third-order valence-electron chi connectivity index (χ3n) is 6.05. The minimum absolute atomic E-state index is 0.148. The number of hydrogen-bond acceptors (Lipinski definition) is 3. The van der Waals surface area contributed by atoms with E-state index in [1.807, 2.05) is 24.3 Å². The molecule has 1 saturated carbocycles. The van der Waals surface area contributed by atoms with Crippen LogP contribution in [0.15, 0.2) is 60.8 Å². The van der Waals surface area contributed by atoms with Crippen molar-refractivity contribution in [1.29, 1.82) is 0 Å². The van der Waals surface area contributed by atoms with Crippen LogP contribution in [0.1, 0.15) is 39.0 Å². The summed E-state index contributed by atoms with van der Waals surface area (Å²) >= 11 is 5.91. The van der Waals surface area contributed by atoms with Crippen molar-refractivity contribution in [3.63, 3.8) is 0 Å². The summed E-state index contributed by atoms with van der Waals surface area (Å²) in [5.41, 5.74) is 1.69. The Morgan fingerprint density at radius 3 is 2.58 bits per heavy atom. The fourth-order valence-electron chi connectivity index (χ4n) is 4.38. The Morgan fingerprint density at radius 2 is 1.84 bits per heavy atom. The molecule has 2 aromatic carbocycles. The van der Waals surface area contributed by atoms with Gasteiger partial charge in [0.15, 0.2) is 0 Å². The first-order valence-corrected chi connectivity index (χ1v) is 11.3. The molecule has 0 saturated heterocycles. The van der Waals surface area contributed by atoms with Gasteiger partial charge in [0.1, 0.15) is 5.75 Å². The van der Waals surface area contributed by atoms with E-state index in [0.717, 1.165) is 54.4 Å². The molecule has 1 aliphatic rings. The number of para-hydroxylation sites is 1. The SMILES string of the molecule is CC[C@@H](NC(=O)Nc1ccc(Cl)cc1)C1CCC(Oc2ccnc3ccccc23)CC1. The van der Waals surface area contributed by atoms with Gasteiger partial charge in [-0.1, -0.05) is 30.7 Å². The Morgan fingerprint density at radius 1 is 1.10 bits per heavy atom. The van der Waals surface area contributed by atoms with Gasteiger partial charge in [-0.3, -0.25) is 4.98 Å². The van der Waals surface area contributed by atoms with Crippen LogP contribution >= 0.6 is 11.6 Å². The smallest absolute Gasteiger partial charge is 0.319 e. The van der Waals surface area contributed by atoms with E-state index >= 15 is 0 Å². The van der Waals surface area contributed by atoms with E-state index in [2.05, 4.69) is 28.6 Å². The van der Waals surface area contributed by atoms with Gasteiger partial charge in [0.25, 0.3) is 0 Å². The number of amides is 2. The summed E-state index contributed by atoms with van der Waals surface area (Å²) in [6, 6.07) is 17.1. The number of nitrogens with zero attached hydrogens (tertiary/aromatic N) is 1. The zero-order valence-electron chi connectivity index (χ0n) is 17.7. The van der Waals surface area contributed by atoms with Gasteiger partial charge in [-0.25, -0.2) is 4.79 Å². The second kappa shape index (κ2) is 10.0. The Balaban J connectivity index is 1.30. The number of carbonyl (C=O) groups excluding carboxylic acids is 1. The Kier molecular flexibility index (Phi) is 6.92. The van der Waals surface area contributed by atoms with E-state index in [1.165, 1.54) is 0 Å². The van der Waals surface area contributed by atoms with Gasteiger partial charge in [-0.15, -0.1) is 0 Å². The lowest BCUT2D eigenvalue weighted by molar-refractivity contribution is 0.119. The quantitative estimate of drug-likeness (QED) is 0.467. The number of aromatic nitrogens is 1. The minimum atomic E-state index is -0.171. The summed E-state index contributed by atoms with van der Waals surface area (Å²) in [6.07, 6.45) is 6.94. The zero-order valence-corrected chi connectivity index (χ0v) is 18.4. The van der Waals surface area contributed by atoms with Crippen LogP contribution in [0.3, 0.4) is 0 Å². The zero-order chi connectivity index (χ0) is 21.6. The van der Waals surface area contributed by atoms with Crippen LogP contribution in [-0.2, 0) is 0 Å². The van der Waals surface area contributed by atoms with Gasteiger partial charge in [-0.2, -0.15) is 0 Å². The summed E-state index contributed by atoms with van der Waals surface area (Å²) in [5, 5.41) is 7.75. The summed E-state index contributed by atoms with van der Waals surface area (Å²) in [4.78, 5) is 16.9. The van der Waals surface area contributed by atoms with Gasteiger partial charge >= 0.3 is 6.03 Å². The summed E-state index contributed by atoms with van der Waals surface area (Å²) in [7, 11) is 0. The summed E-state index contributed by atoms with van der Waals surface area (Å²) in [5.74, 6) is 1.36. The maximum absolute atomic E-state index is 12.5. The van der Waals surface area contributed by atoms with Crippen molar-refractivity contribution in [2.75, 3.05) is 5.32 Å². The third kappa shape index (κ3) is 5.47. The molecule has 2 amide bonds. The standard InChI is InChI=1S/C25H28ClN3O2/c1-2-22(29-25(30)28-19-11-9-18(26)10-12-19)17-7-13-20(14-8-17)31-24-15-16-27-23-6-4-3-5-21(23)24/h3-6,9-12,15-17,20,22H,2,7-8,13-14H2,1H3,(H2,28,29,30)/t17?,20?,22-/m1/s1. The largest absolute Gasteiger partial charge is 0.490 e. The van der Waals surface area contributed by atoms with E-state index in [4.69, 9.17) is 16.3 Å². The van der Waals surface area contributed by atoms with Crippen LogP contribution < -0.4 is 15.4 Å². The van der Waals surface area contributed by atoms with Crippen molar-refractivity contribution in [2.45, 2.75) is 51.2 Å².